The topological polar surface area (TPSA) is 166 Å². The first-order valence-corrected chi connectivity index (χ1v) is 13.7. The van der Waals surface area contributed by atoms with Crippen molar-refractivity contribution in [2.75, 3.05) is 18.5 Å². The van der Waals surface area contributed by atoms with Gasteiger partial charge in [0.15, 0.2) is 5.78 Å². The fourth-order valence-corrected chi connectivity index (χ4v) is 4.86. The SMILES string of the molecule is NCCOC(=O)NC(c1ccc(NC(=O)C(F)(F)F)cc1)P(=O)(Oc1ccccc1)Oc1ccccc1.O=C(O)C(F)(F)F. The van der Waals surface area contributed by atoms with E-state index < -0.39 is 43.7 Å². The minimum Gasteiger partial charge on any atom is -0.475 e. The Labute approximate surface area is 245 Å². The lowest BCUT2D eigenvalue weighted by atomic mass is 10.2. The monoisotopic (exact) mass is 651 g/mol. The summed E-state index contributed by atoms with van der Waals surface area (Å²) < 4.78 is 100. The normalized spacial score (nSPS) is 12.1. The van der Waals surface area contributed by atoms with Gasteiger partial charge in [0, 0.05) is 12.2 Å². The number of aliphatic carboxylic acids is 1. The quantitative estimate of drug-likeness (QED) is 0.155. The molecule has 1 unspecified atom stereocenters. The van der Waals surface area contributed by atoms with E-state index in [1.54, 1.807) is 41.7 Å². The second kappa shape index (κ2) is 15.6. The number of carbonyl (C=O) groups excluding carboxylic acids is 2. The van der Waals surface area contributed by atoms with Gasteiger partial charge in [-0.2, -0.15) is 26.3 Å². The molecule has 5 N–H and O–H groups in total. The number of halogens is 6. The van der Waals surface area contributed by atoms with Crippen LogP contribution in [0.4, 0.5) is 36.8 Å². The first-order valence-electron chi connectivity index (χ1n) is 12.1. The number of rotatable bonds is 10. The van der Waals surface area contributed by atoms with Crippen LogP contribution in [0.2, 0.25) is 0 Å². The number of anilines is 1. The van der Waals surface area contributed by atoms with Crippen LogP contribution in [-0.4, -0.2) is 48.6 Å². The maximum absolute atomic E-state index is 14.3. The third-order valence-electron chi connectivity index (χ3n) is 4.86. The van der Waals surface area contributed by atoms with Crippen molar-refractivity contribution in [1.82, 2.24) is 5.32 Å². The Balaban J connectivity index is 0.000000860. The van der Waals surface area contributed by atoms with Crippen molar-refractivity contribution in [3.63, 3.8) is 0 Å². The molecule has 0 bridgehead atoms. The summed E-state index contributed by atoms with van der Waals surface area (Å²) >= 11 is 0. The third kappa shape index (κ3) is 11.5. The van der Waals surface area contributed by atoms with Crippen LogP contribution in [0, 0.1) is 0 Å². The Bertz CT molecular complexity index is 1380. The Hall–Kier alpha value is -4.76. The van der Waals surface area contributed by atoms with E-state index in [0.29, 0.717) is 0 Å². The van der Waals surface area contributed by atoms with E-state index in [9.17, 15) is 40.5 Å². The minimum absolute atomic E-state index is 0.0321. The molecule has 0 aliphatic rings. The van der Waals surface area contributed by atoms with Crippen molar-refractivity contribution in [3.8, 4) is 11.5 Å². The summed E-state index contributed by atoms with van der Waals surface area (Å²) in [4.78, 5) is 32.6. The Morgan fingerprint density at radius 3 is 1.64 bits per heavy atom. The number of carbonyl (C=O) groups is 3. The summed E-state index contributed by atoms with van der Waals surface area (Å²) in [6, 6.07) is 20.9. The molecule has 44 heavy (non-hydrogen) atoms. The molecule has 0 fully saturated rings. The molecule has 0 heterocycles. The fraction of sp³-hybridized carbons (Fsp3) is 0.192. The number of carboxylic acid groups (broad SMARTS) is 1. The van der Waals surface area contributed by atoms with Gasteiger partial charge in [-0.05, 0) is 42.0 Å². The number of amides is 2. The molecule has 1 atom stereocenters. The van der Waals surface area contributed by atoms with Crippen LogP contribution in [0.3, 0.4) is 0 Å². The first-order chi connectivity index (χ1) is 20.5. The van der Waals surface area contributed by atoms with Crippen LogP contribution in [0.1, 0.15) is 11.3 Å². The standard InChI is InChI=1S/C24H23F3N3O6P.C2HF3O2/c25-24(26,27)22(31)29-18-13-11-17(12-14-18)21(30-23(32)34-16-15-28)37(33,35-19-7-3-1-4-8-19)36-20-9-5-2-6-10-20;3-2(4,5)1(6)7/h1-14,21H,15-16,28H2,(H,29,31)(H,30,32);(H,6,7). The lowest BCUT2D eigenvalue weighted by Gasteiger charge is -2.28. The van der Waals surface area contributed by atoms with Crippen molar-refractivity contribution in [3.05, 3.63) is 90.5 Å². The molecule has 2 amide bonds. The number of ether oxygens (including phenoxy) is 1. The van der Waals surface area contributed by atoms with E-state index >= 15 is 0 Å². The van der Waals surface area contributed by atoms with Crippen molar-refractivity contribution < 1.29 is 64.2 Å². The number of hydrogen-bond donors (Lipinski definition) is 4. The van der Waals surface area contributed by atoms with Crippen molar-refractivity contribution >= 4 is 31.3 Å². The maximum Gasteiger partial charge on any atom is 0.490 e. The number of alkyl carbamates (subject to hydrolysis) is 1. The van der Waals surface area contributed by atoms with Gasteiger partial charge in [0.1, 0.15) is 18.1 Å². The van der Waals surface area contributed by atoms with E-state index in [2.05, 4.69) is 5.32 Å². The van der Waals surface area contributed by atoms with E-state index in [-0.39, 0.29) is 35.9 Å². The number of hydrogen-bond acceptors (Lipinski definition) is 8. The number of para-hydroxylation sites is 2. The maximum atomic E-state index is 14.3. The number of alkyl halides is 6. The number of nitrogens with two attached hydrogens (primary N) is 1. The number of benzene rings is 3. The zero-order chi connectivity index (χ0) is 33.0. The predicted octanol–water partition coefficient (Wildman–Crippen LogP) is 5.86. The average Bonchev–Trinajstić information content (AvgIpc) is 2.95. The van der Waals surface area contributed by atoms with Crippen LogP contribution < -0.4 is 25.4 Å². The van der Waals surface area contributed by atoms with Crippen molar-refractivity contribution in [1.29, 1.82) is 0 Å². The summed E-state index contributed by atoms with van der Waals surface area (Å²) in [7, 11) is -4.36. The highest BCUT2D eigenvalue weighted by Crippen LogP contribution is 2.59. The van der Waals surface area contributed by atoms with Gasteiger partial charge < -0.3 is 35.3 Å². The van der Waals surface area contributed by atoms with Crippen LogP contribution in [0.25, 0.3) is 0 Å². The van der Waals surface area contributed by atoms with Crippen LogP contribution in [0.5, 0.6) is 11.5 Å². The van der Waals surface area contributed by atoms with Crippen LogP contribution >= 0.6 is 7.60 Å². The van der Waals surface area contributed by atoms with E-state index in [1.165, 1.54) is 36.4 Å². The lowest BCUT2D eigenvalue weighted by Crippen LogP contribution is -2.32. The molecule has 18 heteroatoms. The summed E-state index contributed by atoms with van der Waals surface area (Å²) in [6.07, 6.45) is -11.2. The highest BCUT2D eigenvalue weighted by atomic mass is 31.2. The minimum atomic E-state index is -5.09. The van der Waals surface area contributed by atoms with E-state index in [4.69, 9.17) is 29.4 Å². The van der Waals surface area contributed by atoms with E-state index in [1.807, 2.05) is 0 Å². The molecule has 3 aromatic carbocycles. The third-order valence-corrected chi connectivity index (χ3v) is 6.85. The van der Waals surface area contributed by atoms with Gasteiger partial charge in [-0.15, -0.1) is 0 Å². The van der Waals surface area contributed by atoms with Crippen molar-refractivity contribution in [2.24, 2.45) is 5.73 Å². The molecule has 0 aromatic heterocycles. The average molecular weight is 651 g/mol. The first kappa shape index (κ1) is 35.4. The summed E-state index contributed by atoms with van der Waals surface area (Å²) in [5, 5.41) is 11.3. The molecule has 0 radical (unpaired) electrons. The fourth-order valence-electron chi connectivity index (χ4n) is 2.98. The molecule has 0 saturated heterocycles. The second-order valence-electron chi connectivity index (χ2n) is 8.20. The molecule has 3 aromatic rings. The molecule has 238 valence electrons. The zero-order valence-corrected chi connectivity index (χ0v) is 23.1. The van der Waals surface area contributed by atoms with Crippen LogP contribution in [0.15, 0.2) is 84.9 Å². The Kier molecular flexibility index (Phi) is 12.6. The summed E-state index contributed by atoms with van der Waals surface area (Å²) in [5.41, 5.74) is 5.32. The smallest absolute Gasteiger partial charge is 0.475 e. The van der Waals surface area contributed by atoms with Crippen molar-refractivity contribution in [2.45, 2.75) is 18.1 Å². The second-order valence-corrected chi connectivity index (χ2v) is 10.2. The number of carboxylic acids is 1. The highest BCUT2D eigenvalue weighted by molar-refractivity contribution is 7.55. The summed E-state index contributed by atoms with van der Waals surface area (Å²) in [6.45, 7) is -0.102. The van der Waals surface area contributed by atoms with Gasteiger partial charge in [-0.25, -0.2) is 14.2 Å². The Morgan fingerprint density at radius 2 is 1.25 bits per heavy atom. The molecule has 3 rings (SSSR count). The van der Waals surface area contributed by atoms with Crippen LogP contribution in [-0.2, 0) is 18.9 Å². The van der Waals surface area contributed by atoms with Gasteiger partial charge >= 0.3 is 37.9 Å². The number of nitrogens with one attached hydrogen (secondary N) is 2. The molecule has 0 spiro atoms. The predicted molar refractivity (Wildman–Crippen MR) is 143 cm³/mol. The van der Waals surface area contributed by atoms with Gasteiger partial charge in [0.25, 0.3) is 0 Å². The van der Waals surface area contributed by atoms with Gasteiger partial charge in [0.05, 0.1) is 0 Å². The van der Waals surface area contributed by atoms with Gasteiger partial charge in [-0.1, -0.05) is 48.5 Å². The molecular formula is C26H24F6N3O8P. The van der Waals surface area contributed by atoms with Gasteiger partial charge in [0.2, 0.25) is 0 Å². The molecule has 0 aliphatic carbocycles. The van der Waals surface area contributed by atoms with E-state index in [0.717, 1.165) is 12.1 Å². The van der Waals surface area contributed by atoms with Gasteiger partial charge in [-0.3, -0.25) is 4.79 Å². The molecule has 0 aliphatic heterocycles. The molecule has 0 saturated carbocycles. The molecule has 11 nitrogen and oxygen atoms in total. The highest BCUT2D eigenvalue weighted by Gasteiger charge is 2.43. The zero-order valence-electron chi connectivity index (χ0n) is 22.2. The lowest BCUT2D eigenvalue weighted by molar-refractivity contribution is -0.192. The molecular weight excluding hydrogens is 627 g/mol. The Morgan fingerprint density at radius 1 is 0.795 bits per heavy atom. The summed E-state index contributed by atoms with van der Waals surface area (Å²) in [5.74, 6) is -6.07. The largest absolute Gasteiger partial charge is 0.490 e.